The number of carbonyl (C=O) groups is 1. The molecule has 1 aromatic heterocycles. The molecule has 2 atom stereocenters. The second-order valence-electron chi connectivity index (χ2n) is 6.15. The van der Waals surface area contributed by atoms with Crippen molar-refractivity contribution in [1.82, 2.24) is 5.32 Å². The first-order valence-electron chi connectivity index (χ1n) is 7.89. The summed E-state index contributed by atoms with van der Waals surface area (Å²) in [6, 6.07) is 1.94. The standard InChI is InChI=1S/C16H24N2O3.ClH/c1-2-20-14-8-13(16(14)5-3-4-6-16)18-15(19)11-7-12(9-17)21-10-11;/h7,10,13-14H,2-6,8-9,17H2,1H3,(H,18,19);1H. The second kappa shape index (κ2) is 7.02. The van der Waals surface area contributed by atoms with Gasteiger partial charge in [0.2, 0.25) is 0 Å². The van der Waals surface area contributed by atoms with Crippen LogP contribution in [0.3, 0.4) is 0 Å². The minimum Gasteiger partial charge on any atom is -0.467 e. The summed E-state index contributed by atoms with van der Waals surface area (Å²) in [7, 11) is 0. The van der Waals surface area contributed by atoms with Crippen LogP contribution in [0.2, 0.25) is 0 Å². The molecule has 2 fully saturated rings. The summed E-state index contributed by atoms with van der Waals surface area (Å²) in [6.07, 6.45) is 7.49. The average Bonchev–Trinajstić information content (AvgIpc) is 3.16. The Morgan fingerprint density at radius 2 is 2.23 bits per heavy atom. The third-order valence-electron chi connectivity index (χ3n) is 5.11. The van der Waals surface area contributed by atoms with E-state index in [1.54, 1.807) is 6.07 Å². The van der Waals surface area contributed by atoms with Crippen LogP contribution in [0, 0.1) is 5.41 Å². The topological polar surface area (TPSA) is 77.5 Å². The molecule has 0 aromatic carbocycles. The van der Waals surface area contributed by atoms with Crippen molar-refractivity contribution < 1.29 is 13.9 Å². The highest BCUT2D eigenvalue weighted by atomic mass is 35.5. The lowest BCUT2D eigenvalue weighted by Gasteiger charge is -2.54. The van der Waals surface area contributed by atoms with Crippen LogP contribution in [0.15, 0.2) is 16.7 Å². The van der Waals surface area contributed by atoms with Gasteiger partial charge in [0.15, 0.2) is 0 Å². The first-order chi connectivity index (χ1) is 10.2. The molecule has 124 valence electrons. The summed E-state index contributed by atoms with van der Waals surface area (Å²) in [6.45, 7) is 3.09. The fourth-order valence-electron chi connectivity index (χ4n) is 3.94. The van der Waals surface area contributed by atoms with Crippen LogP contribution in [0.5, 0.6) is 0 Å². The maximum atomic E-state index is 12.3. The fourth-order valence-corrected chi connectivity index (χ4v) is 3.94. The first-order valence-corrected chi connectivity index (χ1v) is 7.89. The normalized spacial score (nSPS) is 25.5. The third-order valence-corrected chi connectivity index (χ3v) is 5.11. The van der Waals surface area contributed by atoms with Gasteiger partial charge >= 0.3 is 0 Å². The molecule has 1 heterocycles. The zero-order chi connectivity index (χ0) is 14.9. The number of nitrogens with one attached hydrogen (secondary N) is 1. The molecule has 22 heavy (non-hydrogen) atoms. The Labute approximate surface area is 137 Å². The van der Waals surface area contributed by atoms with Crippen molar-refractivity contribution in [2.75, 3.05) is 6.61 Å². The van der Waals surface area contributed by atoms with E-state index < -0.39 is 0 Å². The Bertz CT molecular complexity index is 511. The van der Waals surface area contributed by atoms with Gasteiger partial charge in [0.05, 0.1) is 18.2 Å². The van der Waals surface area contributed by atoms with E-state index in [1.165, 1.54) is 19.1 Å². The van der Waals surface area contributed by atoms with E-state index in [4.69, 9.17) is 14.9 Å². The molecule has 0 saturated heterocycles. The summed E-state index contributed by atoms with van der Waals surface area (Å²) in [5, 5.41) is 3.17. The van der Waals surface area contributed by atoms with Crippen LogP contribution in [0.1, 0.15) is 55.1 Å². The molecule has 1 aromatic rings. The number of halogens is 1. The zero-order valence-electron chi connectivity index (χ0n) is 13.0. The van der Waals surface area contributed by atoms with Crippen LogP contribution in [0.25, 0.3) is 0 Å². The molecule has 3 N–H and O–H groups in total. The van der Waals surface area contributed by atoms with Crippen molar-refractivity contribution in [3.63, 3.8) is 0 Å². The number of furan rings is 1. The summed E-state index contributed by atoms with van der Waals surface area (Å²) in [5.41, 5.74) is 6.22. The zero-order valence-corrected chi connectivity index (χ0v) is 13.8. The van der Waals surface area contributed by atoms with E-state index in [0.717, 1.165) is 25.9 Å². The second-order valence-corrected chi connectivity index (χ2v) is 6.15. The molecule has 6 heteroatoms. The summed E-state index contributed by atoms with van der Waals surface area (Å²) < 4.78 is 11.1. The molecule has 1 spiro atoms. The van der Waals surface area contributed by atoms with Gasteiger partial charge in [0, 0.05) is 18.1 Å². The molecular weight excluding hydrogens is 304 g/mol. The number of rotatable bonds is 5. The minimum atomic E-state index is -0.0651. The van der Waals surface area contributed by atoms with Gasteiger partial charge in [-0.15, -0.1) is 12.4 Å². The van der Waals surface area contributed by atoms with Crippen molar-refractivity contribution >= 4 is 18.3 Å². The number of ether oxygens (including phenoxy) is 1. The predicted molar refractivity (Wildman–Crippen MR) is 86.0 cm³/mol. The van der Waals surface area contributed by atoms with Crippen molar-refractivity contribution in [3.8, 4) is 0 Å². The lowest BCUT2D eigenvalue weighted by molar-refractivity contribution is -0.127. The van der Waals surface area contributed by atoms with Gasteiger partial charge in [-0.25, -0.2) is 0 Å². The molecule has 5 nitrogen and oxygen atoms in total. The van der Waals surface area contributed by atoms with Gasteiger partial charge in [0.25, 0.3) is 5.91 Å². The number of carbonyl (C=O) groups excluding carboxylic acids is 1. The van der Waals surface area contributed by atoms with Crippen LogP contribution in [-0.2, 0) is 11.3 Å². The Morgan fingerprint density at radius 1 is 1.50 bits per heavy atom. The molecule has 0 bridgehead atoms. The quantitative estimate of drug-likeness (QED) is 0.871. The summed E-state index contributed by atoms with van der Waals surface area (Å²) in [4.78, 5) is 12.3. The minimum absolute atomic E-state index is 0. The van der Waals surface area contributed by atoms with Crippen LogP contribution in [0.4, 0.5) is 0 Å². The molecular formula is C16H25ClN2O3. The largest absolute Gasteiger partial charge is 0.467 e. The van der Waals surface area contributed by atoms with Crippen molar-refractivity contribution in [1.29, 1.82) is 0 Å². The highest BCUT2D eigenvalue weighted by Gasteiger charge is 2.57. The number of hydrogen-bond acceptors (Lipinski definition) is 4. The van der Waals surface area contributed by atoms with Crippen molar-refractivity contribution in [2.24, 2.45) is 11.1 Å². The summed E-state index contributed by atoms with van der Waals surface area (Å²) >= 11 is 0. The first kappa shape index (κ1) is 17.3. The van der Waals surface area contributed by atoms with E-state index in [0.29, 0.717) is 24.0 Å². The van der Waals surface area contributed by atoms with Gasteiger partial charge in [0.1, 0.15) is 12.0 Å². The molecule has 2 aliphatic carbocycles. The third kappa shape index (κ3) is 2.90. The Hall–Kier alpha value is -1.04. The van der Waals surface area contributed by atoms with Gasteiger partial charge in [-0.05, 0) is 32.3 Å². The molecule has 0 aliphatic heterocycles. The Balaban J connectivity index is 0.00000176. The number of amides is 1. The predicted octanol–water partition coefficient (Wildman–Crippen LogP) is 2.63. The number of nitrogens with two attached hydrogens (primary N) is 1. The van der Waals surface area contributed by atoms with E-state index in [2.05, 4.69) is 5.32 Å². The summed E-state index contributed by atoms with van der Waals surface area (Å²) in [5.74, 6) is 0.571. The van der Waals surface area contributed by atoms with E-state index in [9.17, 15) is 4.79 Å². The Morgan fingerprint density at radius 3 is 2.82 bits per heavy atom. The van der Waals surface area contributed by atoms with Crippen LogP contribution >= 0.6 is 12.4 Å². The molecule has 2 saturated carbocycles. The van der Waals surface area contributed by atoms with Crippen LogP contribution in [-0.4, -0.2) is 24.7 Å². The van der Waals surface area contributed by atoms with Gasteiger partial charge in [-0.1, -0.05) is 12.8 Å². The molecule has 3 rings (SSSR count). The smallest absolute Gasteiger partial charge is 0.254 e. The Kier molecular flexibility index (Phi) is 5.53. The molecule has 0 radical (unpaired) electrons. The van der Waals surface area contributed by atoms with Gasteiger partial charge < -0.3 is 20.2 Å². The maximum Gasteiger partial charge on any atom is 0.254 e. The van der Waals surface area contributed by atoms with Crippen molar-refractivity contribution in [3.05, 3.63) is 23.7 Å². The highest BCUT2D eigenvalue weighted by Crippen LogP contribution is 2.54. The lowest BCUT2D eigenvalue weighted by Crippen LogP contribution is -2.63. The molecule has 1 amide bonds. The van der Waals surface area contributed by atoms with Gasteiger partial charge in [-0.2, -0.15) is 0 Å². The molecule has 2 aliphatic rings. The van der Waals surface area contributed by atoms with E-state index in [-0.39, 0.29) is 29.8 Å². The SMILES string of the molecule is CCOC1CC(NC(=O)c2coc(CN)c2)C12CCCC2.Cl. The average molecular weight is 329 g/mol. The van der Waals surface area contributed by atoms with Crippen LogP contribution < -0.4 is 11.1 Å². The number of hydrogen-bond donors (Lipinski definition) is 2. The van der Waals surface area contributed by atoms with Gasteiger partial charge in [-0.3, -0.25) is 4.79 Å². The van der Waals surface area contributed by atoms with Crippen molar-refractivity contribution in [2.45, 2.75) is 57.7 Å². The fraction of sp³-hybridized carbons (Fsp3) is 0.688. The monoisotopic (exact) mass is 328 g/mol. The maximum absolute atomic E-state index is 12.3. The lowest BCUT2D eigenvalue weighted by atomic mass is 9.60. The molecule has 2 unspecified atom stereocenters. The highest BCUT2D eigenvalue weighted by molar-refractivity contribution is 5.94. The van der Waals surface area contributed by atoms with E-state index >= 15 is 0 Å². The van der Waals surface area contributed by atoms with E-state index in [1.807, 2.05) is 6.92 Å².